The van der Waals surface area contributed by atoms with Crippen LogP contribution in [-0.4, -0.2) is 51.5 Å². The normalized spacial score (nSPS) is 12.3. The van der Waals surface area contributed by atoms with Crippen LogP contribution >= 0.6 is 11.6 Å². The minimum atomic E-state index is -4.43. The van der Waals surface area contributed by atoms with Crippen molar-refractivity contribution in [1.29, 1.82) is 0 Å². The highest BCUT2D eigenvalue weighted by molar-refractivity contribution is 6.32. The van der Waals surface area contributed by atoms with Gasteiger partial charge in [-0.3, -0.25) is 4.79 Å². The molecule has 0 saturated carbocycles. The predicted molar refractivity (Wildman–Crippen MR) is 145 cm³/mol. The molecule has 0 fully saturated rings. The van der Waals surface area contributed by atoms with Crippen LogP contribution in [0.3, 0.4) is 0 Å². The molecule has 0 saturated heterocycles. The third-order valence-corrected chi connectivity index (χ3v) is 6.07. The van der Waals surface area contributed by atoms with Crippen molar-refractivity contribution in [2.45, 2.75) is 26.1 Å². The van der Waals surface area contributed by atoms with Crippen LogP contribution in [0.4, 0.5) is 30.4 Å². The summed E-state index contributed by atoms with van der Waals surface area (Å²) in [5, 5.41) is 14.9. The molecule has 3 N–H and O–H groups in total. The highest BCUT2D eigenvalue weighted by Gasteiger charge is 2.32. The van der Waals surface area contributed by atoms with E-state index in [-0.39, 0.29) is 18.2 Å². The first-order valence-corrected chi connectivity index (χ1v) is 12.7. The fourth-order valence-electron chi connectivity index (χ4n) is 3.91. The SMILES string of the molecule is CC(CC(F)(F)F)C(=O)Nc1cccc(Oc2ccc(Nc3ncnc4ccn(CCOCCO)c34)cc2Cl)c1. The van der Waals surface area contributed by atoms with Crippen molar-refractivity contribution >= 4 is 45.7 Å². The molecule has 0 aliphatic heterocycles. The molecule has 0 aliphatic rings. The Labute approximate surface area is 232 Å². The number of fused-ring (bicyclic) bond motifs is 1. The molecule has 2 aromatic carbocycles. The van der Waals surface area contributed by atoms with Gasteiger partial charge in [0.05, 0.1) is 36.8 Å². The Morgan fingerprint density at radius 3 is 2.70 bits per heavy atom. The molecular formula is C27H27ClF3N5O4. The average Bonchev–Trinajstić information content (AvgIpc) is 3.31. The van der Waals surface area contributed by atoms with E-state index in [4.69, 9.17) is 26.2 Å². The molecule has 40 heavy (non-hydrogen) atoms. The van der Waals surface area contributed by atoms with Gasteiger partial charge in [0.15, 0.2) is 5.82 Å². The van der Waals surface area contributed by atoms with Gasteiger partial charge in [-0.25, -0.2) is 9.97 Å². The number of aliphatic hydroxyl groups is 1. The second kappa shape index (κ2) is 13.0. The number of ether oxygens (including phenoxy) is 2. The second-order valence-electron chi connectivity index (χ2n) is 8.91. The Balaban J connectivity index is 1.44. The second-order valence-corrected chi connectivity index (χ2v) is 9.32. The van der Waals surface area contributed by atoms with Crippen LogP contribution in [0.25, 0.3) is 11.0 Å². The Bertz CT molecular complexity index is 1460. The summed E-state index contributed by atoms with van der Waals surface area (Å²) in [6.45, 7) is 2.38. The fraction of sp³-hybridized carbons (Fsp3) is 0.296. The Morgan fingerprint density at radius 2 is 1.95 bits per heavy atom. The zero-order chi connectivity index (χ0) is 28.7. The van der Waals surface area contributed by atoms with Gasteiger partial charge in [0.2, 0.25) is 5.91 Å². The number of hydrogen-bond acceptors (Lipinski definition) is 7. The Kier molecular flexibility index (Phi) is 9.46. The molecule has 9 nitrogen and oxygen atoms in total. The first-order valence-electron chi connectivity index (χ1n) is 12.3. The van der Waals surface area contributed by atoms with Crippen LogP contribution in [0.5, 0.6) is 11.5 Å². The molecule has 0 aliphatic carbocycles. The average molecular weight is 578 g/mol. The molecule has 1 amide bonds. The summed E-state index contributed by atoms with van der Waals surface area (Å²) < 4.78 is 51.0. The van der Waals surface area contributed by atoms with Crippen LogP contribution in [0.1, 0.15) is 13.3 Å². The van der Waals surface area contributed by atoms with Crippen LogP contribution in [0.15, 0.2) is 61.1 Å². The van der Waals surface area contributed by atoms with E-state index in [0.29, 0.717) is 41.8 Å². The fourth-order valence-corrected chi connectivity index (χ4v) is 4.13. The van der Waals surface area contributed by atoms with Gasteiger partial charge >= 0.3 is 6.18 Å². The number of hydrogen-bond donors (Lipinski definition) is 3. The van der Waals surface area contributed by atoms with Gasteiger partial charge in [-0.05, 0) is 36.4 Å². The molecule has 0 bridgehead atoms. The van der Waals surface area contributed by atoms with Crippen LogP contribution < -0.4 is 15.4 Å². The molecule has 1 atom stereocenters. The van der Waals surface area contributed by atoms with Crippen molar-refractivity contribution in [2.24, 2.45) is 5.92 Å². The summed E-state index contributed by atoms with van der Waals surface area (Å²) in [6, 6.07) is 13.2. The largest absolute Gasteiger partial charge is 0.456 e. The number of halogens is 4. The number of anilines is 3. The van der Waals surface area contributed by atoms with E-state index in [2.05, 4.69) is 20.6 Å². The minimum Gasteiger partial charge on any atom is -0.456 e. The highest BCUT2D eigenvalue weighted by Crippen LogP contribution is 2.34. The third-order valence-electron chi connectivity index (χ3n) is 5.77. The van der Waals surface area contributed by atoms with Crippen LogP contribution in [0, 0.1) is 5.92 Å². The van der Waals surface area contributed by atoms with E-state index in [9.17, 15) is 18.0 Å². The molecule has 212 valence electrons. The molecule has 2 heterocycles. The first-order chi connectivity index (χ1) is 19.1. The highest BCUT2D eigenvalue weighted by atomic mass is 35.5. The smallest absolute Gasteiger partial charge is 0.389 e. The Hall–Kier alpha value is -3.87. The summed E-state index contributed by atoms with van der Waals surface area (Å²) in [5.74, 6) is -0.755. The maximum Gasteiger partial charge on any atom is 0.389 e. The number of amides is 1. The van der Waals surface area contributed by atoms with E-state index in [1.54, 1.807) is 36.4 Å². The zero-order valence-electron chi connectivity index (χ0n) is 21.4. The summed E-state index contributed by atoms with van der Waals surface area (Å²) in [6.07, 6.45) is -2.31. The number of aliphatic hydroxyl groups excluding tert-OH is 1. The lowest BCUT2D eigenvalue weighted by Gasteiger charge is -2.15. The first kappa shape index (κ1) is 29.1. The minimum absolute atomic E-state index is 0.0462. The van der Waals surface area contributed by atoms with Gasteiger partial charge in [0.25, 0.3) is 0 Å². The van der Waals surface area contributed by atoms with E-state index in [1.165, 1.54) is 19.3 Å². The molecule has 0 radical (unpaired) electrons. The van der Waals surface area contributed by atoms with E-state index in [0.717, 1.165) is 11.0 Å². The summed E-state index contributed by atoms with van der Waals surface area (Å²) >= 11 is 6.48. The lowest BCUT2D eigenvalue weighted by molar-refractivity contribution is -0.150. The lowest BCUT2D eigenvalue weighted by atomic mass is 10.1. The number of carbonyl (C=O) groups is 1. The maximum absolute atomic E-state index is 12.6. The number of rotatable bonds is 12. The van der Waals surface area contributed by atoms with Gasteiger partial charge < -0.3 is 29.8 Å². The summed E-state index contributed by atoms with van der Waals surface area (Å²) in [5.41, 5.74) is 2.45. The molecule has 4 aromatic rings. The molecule has 2 aromatic heterocycles. The van der Waals surface area contributed by atoms with Gasteiger partial charge in [-0.2, -0.15) is 13.2 Å². The van der Waals surface area contributed by atoms with Crippen LogP contribution in [-0.2, 0) is 16.1 Å². The third kappa shape index (κ3) is 7.84. The van der Waals surface area contributed by atoms with Crippen molar-refractivity contribution in [3.05, 3.63) is 66.1 Å². The van der Waals surface area contributed by atoms with Crippen molar-refractivity contribution in [3.63, 3.8) is 0 Å². The standard InChI is InChI=1S/C27H27ClF3N5O4/c1-17(15-27(29,30)31)26(38)35-18-3-2-4-20(13-18)40-23-6-5-19(14-21(23)28)34-25-24-22(32-16-33-25)7-8-36(24)9-11-39-12-10-37/h2-8,13-14,16-17,37H,9-12,15H2,1H3,(H,35,38)(H,32,33,34). The zero-order valence-corrected chi connectivity index (χ0v) is 22.2. The number of nitrogens with zero attached hydrogens (tertiary/aromatic N) is 3. The van der Waals surface area contributed by atoms with Gasteiger partial charge in [-0.1, -0.05) is 24.6 Å². The van der Waals surface area contributed by atoms with Crippen molar-refractivity contribution in [3.8, 4) is 11.5 Å². The van der Waals surface area contributed by atoms with Gasteiger partial charge in [0.1, 0.15) is 23.3 Å². The molecular weight excluding hydrogens is 551 g/mol. The van der Waals surface area contributed by atoms with Crippen molar-refractivity contribution in [1.82, 2.24) is 14.5 Å². The van der Waals surface area contributed by atoms with E-state index < -0.39 is 24.4 Å². The monoisotopic (exact) mass is 577 g/mol. The number of carbonyl (C=O) groups excluding carboxylic acids is 1. The Morgan fingerprint density at radius 1 is 1.12 bits per heavy atom. The molecule has 13 heteroatoms. The molecule has 0 spiro atoms. The summed E-state index contributed by atoms with van der Waals surface area (Å²) in [7, 11) is 0. The molecule has 1 unspecified atom stereocenters. The van der Waals surface area contributed by atoms with E-state index in [1.807, 2.05) is 16.8 Å². The van der Waals surface area contributed by atoms with Crippen molar-refractivity contribution in [2.75, 3.05) is 30.5 Å². The number of benzene rings is 2. The lowest BCUT2D eigenvalue weighted by Crippen LogP contribution is -2.25. The molecule has 4 rings (SSSR count). The van der Waals surface area contributed by atoms with Gasteiger partial charge in [0, 0.05) is 36.1 Å². The van der Waals surface area contributed by atoms with Crippen molar-refractivity contribution < 1.29 is 32.5 Å². The predicted octanol–water partition coefficient (Wildman–Crippen LogP) is 6.16. The number of alkyl halides is 3. The quantitative estimate of drug-likeness (QED) is 0.173. The summed E-state index contributed by atoms with van der Waals surface area (Å²) in [4.78, 5) is 20.8. The van der Waals surface area contributed by atoms with Crippen LogP contribution in [0.2, 0.25) is 5.02 Å². The maximum atomic E-state index is 12.6. The topological polar surface area (TPSA) is 111 Å². The number of aromatic nitrogens is 3. The van der Waals surface area contributed by atoms with E-state index >= 15 is 0 Å². The van der Waals surface area contributed by atoms with Gasteiger partial charge in [-0.15, -0.1) is 0 Å². The number of nitrogens with one attached hydrogen (secondary N) is 2.